The van der Waals surface area contributed by atoms with Gasteiger partial charge in [-0.2, -0.15) is 0 Å². The molecule has 1 atom stereocenters. The average molecular weight is 334 g/mol. The highest BCUT2D eigenvalue weighted by Crippen LogP contribution is 2.31. The quantitative estimate of drug-likeness (QED) is 0.932. The van der Waals surface area contributed by atoms with Crippen LogP contribution in [0.5, 0.6) is 0 Å². The van der Waals surface area contributed by atoms with Gasteiger partial charge < -0.3 is 10.2 Å². The summed E-state index contributed by atoms with van der Waals surface area (Å²) in [6.45, 7) is 2.27. The highest BCUT2D eigenvalue weighted by Gasteiger charge is 2.25. The topological polar surface area (TPSA) is 45.2 Å². The monoisotopic (exact) mass is 333 g/mol. The van der Waals surface area contributed by atoms with Crippen molar-refractivity contribution < 1.29 is 9.18 Å². The molecule has 120 valence electrons. The molecule has 2 heterocycles. The van der Waals surface area contributed by atoms with E-state index in [4.69, 9.17) is 11.6 Å². The first-order valence-corrected chi connectivity index (χ1v) is 7.87. The molecule has 0 radical (unpaired) electrons. The molecule has 4 nitrogen and oxygen atoms in total. The van der Waals surface area contributed by atoms with Crippen LogP contribution in [0.1, 0.15) is 18.9 Å². The first-order valence-electron chi connectivity index (χ1n) is 7.49. The summed E-state index contributed by atoms with van der Waals surface area (Å²) in [7, 11) is 0. The number of aromatic nitrogens is 1. The molecule has 23 heavy (non-hydrogen) atoms. The van der Waals surface area contributed by atoms with E-state index in [0.29, 0.717) is 10.8 Å². The molecule has 1 aliphatic heterocycles. The number of pyridine rings is 1. The lowest BCUT2D eigenvalue weighted by Crippen LogP contribution is -2.42. The number of fused-ring (bicyclic) bond motifs is 1. The van der Waals surface area contributed by atoms with Crippen LogP contribution in [0, 0.1) is 5.82 Å². The van der Waals surface area contributed by atoms with Gasteiger partial charge in [-0.25, -0.2) is 9.37 Å². The third-order valence-electron chi connectivity index (χ3n) is 4.02. The Morgan fingerprint density at radius 3 is 3.00 bits per heavy atom. The third-order valence-corrected chi connectivity index (χ3v) is 4.25. The summed E-state index contributed by atoms with van der Waals surface area (Å²) >= 11 is 5.78. The molecule has 1 N–H and O–H groups in total. The minimum absolute atomic E-state index is 0.163. The van der Waals surface area contributed by atoms with E-state index in [0.717, 1.165) is 24.1 Å². The SMILES string of the molecule is CC1CCc2cc(F)ccc2N1CC(=O)Nc1ccc(Cl)cn1. The number of rotatable bonds is 3. The van der Waals surface area contributed by atoms with Gasteiger partial charge in [-0.15, -0.1) is 0 Å². The van der Waals surface area contributed by atoms with Gasteiger partial charge in [0.15, 0.2) is 0 Å². The lowest BCUT2D eigenvalue weighted by molar-refractivity contribution is -0.115. The Hall–Kier alpha value is -2.14. The zero-order valence-corrected chi connectivity index (χ0v) is 13.5. The standard InChI is InChI=1S/C17H17ClFN3O/c1-11-2-3-12-8-14(19)5-6-15(12)22(11)10-17(23)21-16-7-4-13(18)9-20-16/h4-9,11H,2-3,10H2,1H3,(H,20,21,23). The summed E-state index contributed by atoms with van der Waals surface area (Å²) in [5.41, 5.74) is 1.87. The van der Waals surface area contributed by atoms with Gasteiger partial charge in [0.2, 0.25) is 5.91 Å². The van der Waals surface area contributed by atoms with Crippen LogP contribution in [0.3, 0.4) is 0 Å². The second kappa shape index (κ2) is 6.54. The number of halogens is 2. The van der Waals surface area contributed by atoms with Gasteiger partial charge in [0.05, 0.1) is 11.6 Å². The van der Waals surface area contributed by atoms with Crippen molar-refractivity contribution in [3.63, 3.8) is 0 Å². The summed E-state index contributed by atoms with van der Waals surface area (Å²) in [6, 6.07) is 8.27. The predicted molar refractivity (Wildman–Crippen MR) is 89.4 cm³/mol. The van der Waals surface area contributed by atoms with Crippen LogP contribution in [-0.2, 0) is 11.2 Å². The van der Waals surface area contributed by atoms with Crippen molar-refractivity contribution in [1.29, 1.82) is 0 Å². The van der Waals surface area contributed by atoms with E-state index in [1.54, 1.807) is 24.3 Å². The minimum atomic E-state index is -0.243. The molecule has 3 rings (SSSR count). The Bertz CT molecular complexity index is 720. The Morgan fingerprint density at radius 2 is 2.26 bits per heavy atom. The zero-order chi connectivity index (χ0) is 16.4. The van der Waals surface area contributed by atoms with Crippen LogP contribution in [0.2, 0.25) is 5.02 Å². The molecule has 1 aromatic heterocycles. The fourth-order valence-electron chi connectivity index (χ4n) is 2.82. The molecule has 0 saturated heterocycles. The van der Waals surface area contributed by atoms with Gasteiger partial charge in [-0.3, -0.25) is 4.79 Å². The van der Waals surface area contributed by atoms with Crippen molar-refractivity contribution in [2.45, 2.75) is 25.8 Å². The van der Waals surface area contributed by atoms with E-state index in [2.05, 4.69) is 17.2 Å². The lowest BCUT2D eigenvalue weighted by Gasteiger charge is -2.36. The van der Waals surface area contributed by atoms with E-state index < -0.39 is 0 Å². The van der Waals surface area contributed by atoms with Crippen molar-refractivity contribution in [1.82, 2.24) is 4.98 Å². The van der Waals surface area contributed by atoms with Gasteiger partial charge in [0, 0.05) is 17.9 Å². The minimum Gasteiger partial charge on any atom is -0.359 e. The van der Waals surface area contributed by atoms with Crippen LogP contribution in [0.4, 0.5) is 15.9 Å². The first-order chi connectivity index (χ1) is 11.0. The summed E-state index contributed by atoms with van der Waals surface area (Å²) in [6.07, 6.45) is 3.20. The number of benzene rings is 1. The molecule has 0 saturated carbocycles. The Kier molecular flexibility index (Phi) is 4.48. The summed E-state index contributed by atoms with van der Waals surface area (Å²) < 4.78 is 13.4. The number of carbonyl (C=O) groups excluding carboxylic acids is 1. The molecule has 6 heteroatoms. The number of aryl methyl sites for hydroxylation is 1. The number of nitrogens with one attached hydrogen (secondary N) is 1. The van der Waals surface area contributed by atoms with Gasteiger partial charge >= 0.3 is 0 Å². The second-order valence-electron chi connectivity index (χ2n) is 5.70. The molecular weight excluding hydrogens is 317 g/mol. The van der Waals surface area contributed by atoms with E-state index in [1.165, 1.54) is 12.3 Å². The molecule has 1 unspecified atom stereocenters. The van der Waals surface area contributed by atoms with Crippen LogP contribution < -0.4 is 10.2 Å². The van der Waals surface area contributed by atoms with Crippen molar-refractivity contribution in [3.05, 3.63) is 52.9 Å². The van der Waals surface area contributed by atoms with Gasteiger partial charge in [-0.05, 0) is 55.7 Å². The van der Waals surface area contributed by atoms with E-state index >= 15 is 0 Å². The first kappa shape index (κ1) is 15.7. The highest BCUT2D eigenvalue weighted by molar-refractivity contribution is 6.30. The zero-order valence-electron chi connectivity index (χ0n) is 12.7. The second-order valence-corrected chi connectivity index (χ2v) is 6.13. The Balaban J connectivity index is 1.74. The molecule has 0 fully saturated rings. The smallest absolute Gasteiger partial charge is 0.245 e. The molecule has 0 bridgehead atoms. The number of nitrogens with zero attached hydrogens (tertiary/aromatic N) is 2. The van der Waals surface area contributed by atoms with Gasteiger partial charge in [0.1, 0.15) is 11.6 Å². The summed E-state index contributed by atoms with van der Waals surface area (Å²) in [5.74, 6) is 0.0558. The van der Waals surface area contributed by atoms with E-state index in [1.807, 2.05) is 4.90 Å². The maximum atomic E-state index is 13.4. The number of anilines is 2. The molecule has 1 aliphatic rings. The fourth-order valence-corrected chi connectivity index (χ4v) is 2.93. The molecule has 0 aliphatic carbocycles. The largest absolute Gasteiger partial charge is 0.359 e. The van der Waals surface area contributed by atoms with E-state index in [9.17, 15) is 9.18 Å². The summed E-state index contributed by atoms with van der Waals surface area (Å²) in [4.78, 5) is 18.3. The molecular formula is C17H17ClFN3O. The van der Waals surface area contributed by atoms with Crippen LogP contribution in [0.25, 0.3) is 0 Å². The van der Waals surface area contributed by atoms with Crippen molar-refractivity contribution in [3.8, 4) is 0 Å². The van der Waals surface area contributed by atoms with Gasteiger partial charge in [0.25, 0.3) is 0 Å². The maximum Gasteiger partial charge on any atom is 0.245 e. The summed E-state index contributed by atoms with van der Waals surface area (Å²) in [5, 5.41) is 3.27. The lowest BCUT2D eigenvalue weighted by atomic mass is 9.96. The Labute approximate surface area is 139 Å². The highest BCUT2D eigenvalue weighted by atomic mass is 35.5. The van der Waals surface area contributed by atoms with Crippen molar-refractivity contribution >= 4 is 29.0 Å². The van der Waals surface area contributed by atoms with Crippen LogP contribution in [-0.4, -0.2) is 23.5 Å². The number of carbonyl (C=O) groups is 1. The average Bonchev–Trinajstić information content (AvgIpc) is 2.52. The van der Waals surface area contributed by atoms with Crippen LogP contribution in [0.15, 0.2) is 36.5 Å². The van der Waals surface area contributed by atoms with Gasteiger partial charge in [-0.1, -0.05) is 11.6 Å². The maximum absolute atomic E-state index is 13.4. The fraction of sp³-hybridized carbons (Fsp3) is 0.294. The Morgan fingerprint density at radius 1 is 1.43 bits per heavy atom. The third kappa shape index (κ3) is 3.62. The molecule has 1 aromatic carbocycles. The normalized spacial score (nSPS) is 16.8. The predicted octanol–water partition coefficient (Wildman–Crippen LogP) is 3.65. The molecule has 2 aromatic rings. The molecule has 1 amide bonds. The van der Waals surface area contributed by atoms with Crippen molar-refractivity contribution in [2.75, 3.05) is 16.8 Å². The van der Waals surface area contributed by atoms with Crippen molar-refractivity contribution in [2.24, 2.45) is 0 Å². The van der Waals surface area contributed by atoms with Crippen LogP contribution >= 0.6 is 11.6 Å². The number of hydrogen-bond acceptors (Lipinski definition) is 3. The van der Waals surface area contributed by atoms with E-state index in [-0.39, 0.29) is 24.3 Å². The molecule has 0 spiro atoms. The number of hydrogen-bond donors (Lipinski definition) is 1. The number of amides is 1.